The molecule has 22 heteroatoms. The van der Waals surface area contributed by atoms with E-state index in [-0.39, 0.29) is 79.0 Å². The molecule has 2 N–H and O–H groups in total. The molecule has 5 aromatic rings. The number of anilines is 2. The van der Waals surface area contributed by atoms with Crippen LogP contribution in [0.5, 0.6) is 0 Å². The molecule has 17 nitrogen and oxygen atoms in total. The highest BCUT2D eigenvalue weighted by atomic mass is 19.3. The summed E-state index contributed by atoms with van der Waals surface area (Å²) in [4.78, 5) is 61.8. The lowest BCUT2D eigenvalue weighted by molar-refractivity contribution is -0.151. The number of morpholine rings is 1. The van der Waals surface area contributed by atoms with E-state index in [2.05, 4.69) is 25.7 Å². The highest BCUT2D eigenvalue weighted by Crippen LogP contribution is 2.43. The molecule has 344 valence electrons. The van der Waals surface area contributed by atoms with E-state index in [9.17, 15) is 28.0 Å². The Morgan fingerprint density at radius 3 is 2.48 bits per heavy atom. The number of imide groups is 1. The van der Waals surface area contributed by atoms with Crippen molar-refractivity contribution in [1.82, 2.24) is 48.6 Å². The van der Waals surface area contributed by atoms with Gasteiger partial charge in [0.05, 0.1) is 60.3 Å². The van der Waals surface area contributed by atoms with Crippen LogP contribution < -0.4 is 21.2 Å². The zero-order chi connectivity index (χ0) is 45.1. The Morgan fingerprint density at radius 1 is 0.985 bits per heavy atom. The maximum Gasteiger partial charge on any atom is 0.329 e. The Labute approximate surface area is 367 Å². The zero-order valence-electron chi connectivity index (χ0n) is 35.4. The van der Waals surface area contributed by atoms with Crippen LogP contribution >= 0.6 is 0 Å². The van der Waals surface area contributed by atoms with Crippen LogP contribution in [0.4, 0.5) is 33.5 Å². The van der Waals surface area contributed by atoms with E-state index in [4.69, 9.17) is 9.72 Å². The van der Waals surface area contributed by atoms with Crippen molar-refractivity contribution in [2.45, 2.75) is 106 Å². The predicted octanol–water partition coefficient (Wildman–Crippen LogP) is 4.16. The van der Waals surface area contributed by atoms with E-state index in [1.165, 1.54) is 49.9 Å². The molecular weight excluding hydrogens is 860 g/mol. The first-order chi connectivity index (χ1) is 31.2. The molecule has 5 aliphatic heterocycles. The summed E-state index contributed by atoms with van der Waals surface area (Å²) in [5.41, 5.74) is 0.0735. The highest BCUT2D eigenvalue weighted by molar-refractivity contribution is 6.08. The zero-order valence-corrected chi connectivity index (χ0v) is 35.4. The van der Waals surface area contributed by atoms with E-state index in [0.717, 1.165) is 6.42 Å². The third-order valence-electron chi connectivity index (χ3n) is 14.7. The minimum Gasteiger partial charge on any atom is -0.374 e. The number of hydrogen-bond acceptors (Lipinski definition) is 11. The fourth-order valence-electron chi connectivity index (χ4n) is 11.4. The fraction of sp³-hybridized carbons (Fsp3) is 0.558. The number of amides is 3. The smallest absolute Gasteiger partial charge is 0.329 e. The monoisotopic (exact) mass is 906 g/mol. The summed E-state index contributed by atoms with van der Waals surface area (Å²) in [5.74, 6) is -5.11. The molecular formula is C43H47F5N12O5. The lowest BCUT2D eigenvalue weighted by Crippen LogP contribution is -2.64. The molecule has 4 atom stereocenters. The molecule has 1 aliphatic carbocycles. The maximum absolute atomic E-state index is 16.1. The number of benzene rings is 1. The van der Waals surface area contributed by atoms with Crippen molar-refractivity contribution in [3.63, 3.8) is 0 Å². The van der Waals surface area contributed by atoms with Gasteiger partial charge >= 0.3 is 5.69 Å². The topological polar surface area (TPSA) is 169 Å². The van der Waals surface area contributed by atoms with E-state index in [1.807, 2.05) is 11.0 Å². The number of carbonyl (C=O) groups is 3. The lowest BCUT2D eigenvalue weighted by atomic mass is 9.84. The van der Waals surface area contributed by atoms with Crippen molar-refractivity contribution in [2.24, 2.45) is 7.05 Å². The largest absolute Gasteiger partial charge is 0.374 e. The Hall–Kier alpha value is -5.74. The number of ether oxygens (including phenoxy) is 1. The molecule has 0 radical (unpaired) electrons. The van der Waals surface area contributed by atoms with E-state index in [1.54, 1.807) is 11.1 Å². The van der Waals surface area contributed by atoms with Crippen molar-refractivity contribution < 1.29 is 41.1 Å². The van der Waals surface area contributed by atoms with E-state index >= 15 is 13.2 Å². The fourth-order valence-corrected chi connectivity index (χ4v) is 11.4. The number of halogens is 5. The maximum atomic E-state index is 16.1. The van der Waals surface area contributed by atoms with E-state index < -0.39 is 71.8 Å². The van der Waals surface area contributed by atoms with Crippen LogP contribution in [0.15, 0.2) is 41.6 Å². The van der Waals surface area contributed by atoms with Gasteiger partial charge < -0.3 is 15.0 Å². The summed E-state index contributed by atoms with van der Waals surface area (Å²) in [6, 6.07) is 2.25. The number of piperidine rings is 2. The van der Waals surface area contributed by atoms with Crippen molar-refractivity contribution in [2.75, 3.05) is 49.5 Å². The van der Waals surface area contributed by atoms with Crippen LogP contribution in [-0.2, 0) is 21.4 Å². The normalized spacial score (nSPS) is 27.6. The summed E-state index contributed by atoms with van der Waals surface area (Å²) in [6.07, 6.45) is 5.03. The van der Waals surface area contributed by atoms with Crippen LogP contribution in [0.25, 0.3) is 16.7 Å². The Balaban J connectivity index is 0.719. The number of aryl methyl sites for hydroxylation is 1. The Kier molecular flexibility index (Phi) is 10.1. The quantitative estimate of drug-likeness (QED) is 0.161. The standard InChI is InChI=1S/C43H47F5N12O5/c1-54-37-30(60(42(54)64)31-8-9-34(61)52-41(31)63)7-6-28(44)35(37)22-16-56(17-22)32-10-12-55(21-43(32,47)48)23-2-4-24(5-3-23)59-19-29(36(53-59)38(45)46)50-40(62)27-15-49-58-13-11-33(51-39(27)58)57-18-26-14-25(57)20-65-26/h6-7,11,13,15,19,22-26,31-32,38H,2-5,8-10,12,14,16-18,20-21H2,1H3,(H,50,62)(H,52,61,63)/t23?,24?,25-,26-,31?,32?/m1/s1. The molecule has 5 saturated heterocycles. The van der Waals surface area contributed by atoms with Gasteiger partial charge in [-0.05, 0) is 63.1 Å². The molecule has 1 aromatic carbocycles. The van der Waals surface area contributed by atoms with Gasteiger partial charge in [-0.15, -0.1) is 0 Å². The molecule has 65 heavy (non-hydrogen) atoms. The molecule has 0 spiro atoms. The highest BCUT2D eigenvalue weighted by Gasteiger charge is 2.52. The SMILES string of the molecule is Cn1c(=O)n(C2CCC(=O)NC2=O)c2ccc(F)c(C3CN(C4CCN(C5CCC(n6cc(NC(=O)c7cnn8ccc(N9C[C@H]%10C[C@@H]9CO%10)nc78)c(C(F)F)n6)CC5)CC4(F)F)C3)c21. The third-order valence-corrected chi connectivity index (χ3v) is 14.7. The first-order valence-corrected chi connectivity index (χ1v) is 22.2. The Bertz CT molecular complexity index is 2790. The van der Waals surface area contributed by atoms with Crippen LogP contribution in [0, 0.1) is 5.82 Å². The summed E-state index contributed by atoms with van der Waals surface area (Å²) < 4.78 is 87.6. The third kappa shape index (κ3) is 7.09. The molecule has 2 unspecified atom stereocenters. The van der Waals surface area contributed by atoms with Gasteiger partial charge in [-0.2, -0.15) is 10.2 Å². The summed E-state index contributed by atoms with van der Waals surface area (Å²) in [6.45, 7) is 1.59. The van der Waals surface area contributed by atoms with Crippen molar-refractivity contribution >= 4 is 45.9 Å². The van der Waals surface area contributed by atoms with Gasteiger partial charge in [0.15, 0.2) is 11.3 Å². The minimum atomic E-state index is -3.07. The van der Waals surface area contributed by atoms with Crippen molar-refractivity contribution in [3.05, 3.63) is 69.9 Å². The molecule has 6 fully saturated rings. The van der Waals surface area contributed by atoms with Gasteiger partial charge in [-0.1, -0.05) is 0 Å². The average molecular weight is 907 g/mol. The second kappa shape index (κ2) is 15.7. The molecule has 3 amide bonds. The van der Waals surface area contributed by atoms with Gasteiger partial charge in [0, 0.05) is 69.6 Å². The second-order valence-corrected chi connectivity index (χ2v) is 18.4. The number of rotatable bonds is 9. The van der Waals surface area contributed by atoms with Gasteiger partial charge in [-0.25, -0.2) is 36.2 Å². The molecule has 11 rings (SSSR count). The number of nitrogens with one attached hydrogen (secondary N) is 2. The number of aromatic nitrogens is 7. The Morgan fingerprint density at radius 2 is 1.77 bits per heavy atom. The van der Waals surface area contributed by atoms with Crippen molar-refractivity contribution in [1.29, 1.82) is 0 Å². The number of nitrogens with zero attached hydrogens (tertiary/aromatic N) is 10. The molecule has 4 aromatic heterocycles. The van der Waals surface area contributed by atoms with Crippen molar-refractivity contribution in [3.8, 4) is 0 Å². The summed E-state index contributed by atoms with van der Waals surface area (Å²) in [7, 11) is 1.49. The number of hydrogen-bond donors (Lipinski definition) is 2. The van der Waals surface area contributed by atoms with Gasteiger partial charge in [0.1, 0.15) is 23.2 Å². The minimum absolute atomic E-state index is 0.0566. The average Bonchev–Trinajstić information content (AvgIpc) is 4.11. The van der Waals surface area contributed by atoms with Gasteiger partial charge in [-0.3, -0.25) is 43.3 Å². The molecule has 9 heterocycles. The number of carbonyl (C=O) groups excluding carboxylic acids is 3. The summed E-state index contributed by atoms with van der Waals surface area (Å²) >= 11 is 0. The number of imidazole rings is 1. The molecule has 2 bridgehead atoms. The summed E-state index contributed by atoms with van der Waals surface area (Å²) in [5, 5.41) is 13.3. The van der Waals surface area contributed by atoms with Crippen LogP contribution in [0.3, 0.4) is 0 Å². The van der Waals surface area contributed by atoms with Crippen LogP contribution in [-0.4, -0.2) is 131 Å². The van der Waals surface area contributed by atoms with Gasteiger partial charge in [0.2, 0.25) is 11.8 Å². The second-order valence-electron chi connectivity index (χ2n) is 18.4. The van der Waals surface area contributed by atoms with Gasteiger partial charge in [0.25, 0.3) is 18.3 Å². The van der Waals surface area contributed by atoms with E-state index in [0.29, 0.717) is 62.2 Å². The number of alkyl halides is 4. The van der Waals surface area contributed by atoms with Crippen LogP contribution in [0.2, 0.25) is 0 Å². The number of likely N-dealkylation sites (tertiary alicyclic amines) is 2. The predicted molar refractivity (Wildman–Crippen MR) is 223 cm³/mol. The van der Waals surface area contributed by atoms with Crippen LogP contribution in [0.1, 0.15) is 97.4 Å². The first-order valence-electron chi connectivity index (χ1n) is 22.2. The first kappa shape index (κ1) is 41.9. The molecule has 1 saturated carbocycles. The number of fused-ring (bicyclic) bond motifs is 4. The lowest BCUT2D eigenvalue weighted by Gasteiger charge is -2.51. The molecule has 6 aliphatic rings.